The van der Waals surface area contributed by atoms with Gasteiger partial charge in [0.15, 0.2) is 11.0 Å². The normalized spacial score (nSPS) is 10.9. The number of methoxy groups -OCH3 is 1. The van der Waals surface area contributed by atoms with E-state index in [1.54, 1.807) is 14.0 Å². The third-order valence-corrected chi connectivity index (χ3v) is 5.18. The number of ether oxygens (including phenoxy) is 1. The highest BCUT2D eigenvalue weighted by molar-refractivity contribution is 7.99. The van der Waals surface area contributed by atoms with Crippen molar-refractivity contribution in [2.24, 2.45) is 0 Å². The van der Waals surface area contributed by atoms with Gasteiger partial charge in [-0.3, -0.25) is 4.79 Å². The summed E-state index contributed by atoms with van der Waals surface area (Å²) in [7, 11) is 1.61. The van der Waals surface area contributed by atoms with Crippen LogP contribution in [0.1, 0.15) is 5.56 Å². The number of nitrogens with zero attached hydrogens (tertiary/aromatic N) is 2. The van der Waals surface area contributed by atoms with E-state index < -0.39 is 0 Å². The molecule has 9 heteroatoms. The molecule has 1 amide bonds. The molecule has 6 nitrogen and oxygen atoms in total. The number of pyridine rings is 1. The maximum absolute atomic E-state index is 12.1. The summed E-state index contributed by atoms with van der Waals surface area (Å²) < 4.78 is 5.18. The van der Waals surface area contributed by atoms with Crippen LogP contribution in [0.3, 0.4) is 0 Å². The average molecular weight is 397 g/mol. The van der Waals surface area contributed by atoms with Crippen molar-refractivity contribution >= 4 is 57.7 Å². The first-order valence-corrected chi connectivity index (χ1v) is 8.99. The van der Waals surface area contributed by atoms with E-state index in [2.05, 4.69) is 20.3 Å². The molecule has 0 atom stereocenters. The van der Waals surface area contributed by atoms with Gasteiger partial charge in [0, 0.05) is 12.3 Å². The van der Waals surface area contributed by atoms with Crippen molar-refractivity contribution in [1.29, 1.82) is 0 Å². The smallest absolute Gasteiger partial charge is 0.236 e. The second-order valence-electron chi connectivity index (χ2n) is 5.16. The first kappa shape index (κ1) is 17.8. The number of imidazole rings is 1. The van der Waals surface area contributed by atoms with E-state index in [-0.39, 0.29) is 11.7 Å². The fraction of sp³-hybridized carbons (Fsp3) is 0.188. The molecule has 0 aliphatic heterocycles. The number of rotatable bonds is 5. The van der Waals surface area contributed by atoms with E-state index >= 15 is 0 Å². The predicted molar refractivity (Wildman–Crippen MR) is 101 cm³/mol. The highest BCUT2D eigenvalue weighted by Gasteiger charge is 2.13. The number of nitrogens with one attached hydrogen (secondary N) is 2. The van der Waals surface area contributed by atoms with Crippen LogP contribution < -0.4 is 10.1 Å². The van der Waals surface area contributed by atoms with Crippen LogP contribution in [0.15, 0.2) is 29.6 Å². The van der Waals surface area contributed by atoms with Crippen LogP contribution in [0, 0.1) is 6.92 Å². The first-order valence-electron chi connectivity index (χ1n) is 7.25. The molecule has 2 aromatic heterocycles. The fourth-order valence-corrected chi connectivity index (χ4v) is 3.18. The molecular weight excluding hydrogens is 383 g/mol. The molecule has 1 aromatic carbocycles. The van der Waals surface area contributed by atoms with Crippen LogP contribution in [0.2, 0.25) is 10.0 Å². The van der Waals surface area contributed by atoms with Crippen molar-refractivity contribution in [3.8, 4) is 5.75 Å². The monoisotopic (exact) mass is 396 g/mol. The van der Waals surface area contributed by atoms with E-state index in [1.165, 1.54) is 18.0 Å². The van der Waals surface area contributed by atoms with Gasteiger partial charge < -0.3 is 15.0 Å². The topological polar surface area (TPSA) is 79.9 Å². The Balaban J connectivity index is 1.65. The van der Waals surface area contributed by atoms with Gasteiger partial charge >= 0.3 is 0 Å². The number of halogens is 2. The fourth-order valence-electron chi connectivity index (χ4n) is 2.11. The van der Waals surface area contributed by atoms with E-state index in [0.29, 0.717) is 26.6 Å². The van der Waals surface area contributed by atoms with Gasteiger partial charge in [0.25, 0.3) is 0 Å². The molecule has 0 aliphatic carbocycles. The number of hydrogen-bond acceptors (Lipinski definition) is 5. The lowest BCUT2D eigenvalue weighted by Crippen LogP contribution is -2.15. The Morgan fingerprint density at radius 1 is 1.40 bits per heavy atom. The molecule has 0 unspecified atom stereocenters. The van der Waals surface area contributed by atoms with Crippen LogP contribution in [-0.4, -0.2) is 33.7 Å². The molecular formula is C16H14Cl2N4O2S. The minimum Gasteiger partial charge on any atom is -0.497 e. The number of fused-ring (bicyclic) bond motifs is 1. The van der Waals surface area contributed by atoms with Gasteiger partial charge in [-0.2, -0.15) is 0 Å². The number of H-pyrrole nitrogens is 1. The number of thioether (sulfide) groups is 1. The second-order valence-corrected chi connectivity index (χ2v) is 6.90. The minimum atomic E-state index is -0.237. The molecule has 0 spiro atoms. The van der Waals surface area contributed by atoms with Gasteiger partial charge in [-0.1, -0.05) is 35.0 Å². The second kappa shape index (κ2) is 7.51. The van der Waals surface area contributed by atoms with Crippen LogP contribution in [0.4, 0.5) is 5.82 Å². The number of anilines is 1. The van der Waals surface area contributed by atoms with Crippen LogP contribution in [-0.2, 0) is 4.79 Å². The molecule has 2 N–H and O–H groups in total. The number of aromatic amines is 1. The summed E-state index contributed by atoms with van der Waals surface area (Å²) in [5.74, 6) is 0.961. The van der Waals surface area contributed by atoms with E-state index in [1.807, 2.05) is 18.2 Å². The molecule has 0 fully saturated rings. The minimum absolute atomic E-state index is 0.163. The molecule has 130 valence electrons. The lowest BCUT2D eigenvalue weighted by molar-refractivity contribution is -0.113. The van der Waals surface area contributed by atoms with Crippen LogP contribution >= 0.6 is 35.0 Å². The number of carbonyl (C=O) groups is 1. The lowest BCUT2D eigenvalue weighted by Gasteiger charge is -2.08. The number of amides is 1. The highest BCUT2D eigenvalue weighted by atomic mass is 35.5. The van der Waals surface area contributed by atoms with E-state index in [9.17, 15) is 4.79 Å². The number of carbonyl (C=O) groups excluding carboxylic acids is 1. The Morgan fingerprint density at radius 3 is 2.96 bits per heavy atom. The highest BCUT2D eigenvalue weighted by Crippen LogP contribution is 2.29. The zero-order valence-corrected chi connectivity index (χ0v) is 15.7. The summed E-state index contributed by atoms with van der Waals surface area (Å²) in [4.78, 5) is 23.7. The largest absolute Gasteiger partial charge is 0.497 e. The Kier molecular flexibility index (Phi) is 5.36. The Morgan fingerprint density at radius 2 is 2.20 bits per heavy atom. The average Bonchev–Trinajstić information content (AvgIpc) is 3.02. The van der Waals surface area contributed by atoms with Crippen molar-refractivity contribution in [3.05, 3.63) is 40.0 Å². The third kappa shape index (κ3) is 4.00. The van der Waals surface area contributed by atoms with Crippen molar-refractivity contribution in [3.63, 3.8) is 0 Å². The van der Waals surface area contributed by atoms with Crippen LogP contribution in [0.5, 0.6) is 5.75 Å². The zero-order valence-electron chi connectivity index (χ0n) is 13.4. The summed E-state index contributed by atoms with van der Waals surface area (Å²) in [5.41, 5.74) is 2.33. The van der Waals surface area contributed by atoms with Crippen LogP contribution in [0.25, 0.3) is 11.0 Å². The molecule has 0 saturated carbocycles. The SMILES string of the molecule is COc1ccc2nc(SCC(=O)Nc3ncc(Cl)c(C)c3Cl)[nH]c2c1. The number of benzene rings is 1. The molecule has 3 aromatic rings. The Hall–Kier alpha value is -1.96. The van der Waals surface area contributed by atoms with Crippen molar-refractivity contribution in [2.75, 3.05) is 18.2 Å². The standard InChI is InChI=1S/C16H14Cl2N4O2S/c1-8-10(17)6-19-15(14(8)18)22-13(23)7-25-16-20-11-4-3-9(24-2)5-12(11)21-16/h3-6H,7H2,1-2H3,(H,20,21)(H,19,22,23). The Labute approximate surface area is 158 Å². The maximum Gasteiger partial charge on any atom is 0.236 e. The van der Waals surface area contributed by atoms with Crippen molar-refractivity contribution < 1.29 is 9.53 Å². The molecule has 0 radical (unpaired) electrons. The van der Waals surface area contributed by atoms with Crippen molar-refractivity contribution in [1.82, 2.24) is 15.0 Å². The molecule has 0 bridgehead atoms. The molecule has 25 heavy (non-hydrogen) atoms. The molecule has 0 saturated heterocycles. The first-order chi connectivity index (χ1) is 12.0. The summed E-state index contributed by atoms with van der Waals surface area (Å²) in [6, 6.07) is 5.54. The van der Waals surface area contributed by atoms with Gasteiger partial charge in [-0.05, 0) is 24.6 Å². The van der Waals surface area contributed by atoms with Gasteiger partial charge in [0.1, 0.15) is 5.75 Å². The van der Waals surface area contributed by atoms with Gasteiger partial charge in [0.2, 0.25) is 5.91 Å². The Bertz CT molecular complexity index is 945. The lowest BCUT2D eigenvalue weighted by atomic mass is 10.3. The molecule has 3 rings (SSSR count). The number of hydrogen-bond donors (Lipinski definition) is 2. The third-order valence-electron chi connectivity index (χ3n) is 3.47. The van der Waals surface area contributed by atoms with Crippen molar-refractivity contribution in [2.45, 2.75) is 12.1 Å². The van der Waals surface area contributed by atoms with Gasteiger partial charge in [-0.25, -0.2) is 9.97 Å². The predicted octanol–water partition coefficient (Wildman–Crippen LogP) is 4.31. The maximum atomic E-state index is 12.1. The number of aromatic nitrogens is 3. The van der Waals surface area contributed by atoms with Gasteiger partial charge in [-0.15, -0.1) is 0 Å². The summed E-state index contributed by atoms with van der Waals surface area (Å²) in [6.07, 6.45) is 1.46. The molecule has 0 aliphatic rings. The van der Waals surface area contributed by atoms with E-state index in [4.69, 9.17) is 27.9 Å². The van der Waals surface area contributed by atoms with E-state index in [0.717, 1.165) is 16.8 Å². The zero-order chi connectivity index (χ0) is 18.0. The summed E-state index contributed by atoms with van der Waals surface area (Å²) in [6.45, 7) is 1.76. The molecule has 2 heterocycles. The summed E-state index contributed by atoms with van der Waals surface area (Å²) in [5, 5.41) is 4.11. The summed E-state index contributed by atoms with van der Waals surface area (Å²) >= 11 is 13.4. The van der Waals surface area contributed by atoms with Gasteiger partial charge in [0.05, 0.1) is 33.9 Å². The quantitative estimate of drug-likeness (QED) is 0.627.